The quantitative estimate of drug-likeness (QED) is 0.0930. The Morgan fingerprint density at radius 3 is 2.19 bits per heavy atom. The topological polar surface area (TPSA) is 293 Å². The summed E-state index contributed by atoms with van der Waals surface area (Å²) in [5.41, 5.74) is -1.20. The molecule has 3 aromatic rings. The number of carbonyl (C=O) groups excluding carboxylic acids is 1. The number of phenols is 3. The summed E-state index contributed by atoms with van der Waals surface area (Å²) < 4.78 is 33.6. The van der Waals surface area contributed by atoms with E-state index in [1.807, 2.05) is 0 Å². The van der Waals surface area contributed by atoms with Gasteiger partial charge < -0.3 is 74.1 Å². The van der Waals surface area contributed by atoms with Crippen LogP contribution in [0.1, 0.15) is 13.3 Å². The first-order valence-electron chi connectivity index (χ1n) is 14.4. The molecule has 0 saturated carbocycles. The molecule has 2 aliphatic heterocycles. The maximum absolute atomic E-state index is 13.9. The number of hydrogen-bond donors (Lipinski definition) is 9. The van der Waals surface area contributed by atoms with Gasteiger partial charge in [0.2, 0.25) is 17.5 Å². The molecule has 5 rings (SSSR count). The van der Waals surface area contributed by atoms with Crippen molar-refractivity contribution in [2.24, 2.45) is 0 Å². The Hall–Kier alpha value is -4.53. The molecule has 2 fully saturated rings. The number of aromatic hydroxyl groups is 3. The van der Waals surface area contributed by atoms with Crippen LogP contribution in [0.15, 0.2) is 45.6 Å². The van der Waals surface area contributed by atoms with E-state index in [1.54, 1.807) is 0 Å². The number of phenolic OH excluding ortho intramolecular Hbond substituents is 3. The van der Waals surface area contributed by atoms with Crippen LogP contribution in [0, 0.1) is 0 Å². The van der Waals surface area contributed by atoms with Crippen molar-refractivity contribution in [1.82, 2.24) is 0 Å². The van der Waals surface area contributed by atoms with E-state index in [9.17, 15) is 55.2 Å². The van der Waals surface area contributed by atoms with Crippen LogP contribution in [0.4, 0.5) is 0 Å². The van der Waals surface area contributed by atoms with Crippen LogP contribution in [-0.2, 0) is 28.5 Å². The number of hydrogen-bond acceptors (Lipinski definition) is 17. The zero-order valence-electron chi connectivity index (χ0n) is 24.9. The number of carboxylic acids is 1. The summed E-state index contributed by atoms with van der Waals surface area (Å²) in [6, 6.07) is 7.05. The third-order valence-electron chi connectivity index (χ3n) is 7.73. The summed E-state index contributed by atoms with van der Waals surface area (Å²) in [4.78, 5) is 36.7. The van der Waals surface area contributed by atoms with E-state index in [-0.39, 0.29) is 22.7 Å². The maximum atomic E-state index is 13.9. The Morgan fingerprint density at radius 2 is 1.52 bits per heavy atom. The van der Waals surface area contributed by atoms with Crippen molar-refractivity contribution >= 4 is 22.9 Å². The van der Waals surface area contributed by atoms with Crippen LogP contribution in [0.25, 0.3) is 22.3 Å². The van der Waals surface area contributed by atoms with Gasteiger partial charge in [0.1, 0.15) is 77.9 Å². The number of carbonyl (C=O) groups is 2. The Morgan fingerprint density at radius 1 is 0.833 bits per heavy atom. The molecule has 0 unspecified atom stereocenters. The van der Waals surface area contributed by atoms with Crippen LogP contribution in [0.2, 0.25) is 0 Å². The Bertz CT molecular complexity index is 1700. The molecular weight excluding hydrogens is 648 g/mol. The van der Waals surface area contributed by atoms with E-state index in [4.69, 9.17) is 33.2 Å². The molecule has 2 aromatic carbocycles. The summed E-state index contributed by atoms with van der Waals surface area (Å²) in [6.07, 6.45) is -18.6. The first-order valence-corrected chi connectivity index (χ1v) is 14.4. The number of esters is 1. The molecular formula is C30H32O18. The fraction of sp³-hybridized carbons (Fsp3) is 0.433. The molecule has 1 aromatic heterocycles. The summed E-state index contributed by atoms with van der Waals surface area (Å²) in [7, 11) is 0. The van der Waals surface area contributed by atoms with Gasteiger partial charge in [-0.3, -0.25) is 14.4 Å². The highest BCUT2D eigenvalue weighted by molar-refractivity contribution is 5.90. The van der Waals surface area contributed by atoms with E-state index in [0.717, 1.165) is 12.1 Å². The predicted molar refractivity (Wildman–Crippen MR) is 155 cm³/mol. The van der Waals surface area contributed by atoms with Crippen molar-refractivity contribution in [2.75, 3.05) is 6.61 Å². The van der Waals surface area contributed by atoms with E-state index in [0.29, 0.717) is 0 Å². The molecule has 18 heteroatoms. The molecule has 0 spiro atoms. The van der Waals surface area contributed by atoms with Crippen molar-refractivity contribution < 1.29 is 83.6 Å². The molecule has 48 heavy (non-hydrogen) atoms. The largest absolute Gasteiger partial charge is 0.508 e. The van der Waals surface area contributed by atoms with Gasteiger partial charge in [-0.15, -0.1) is 0 Å². The first kappa shape index (κ1) is 34.8. The lowest BCUT2D eigenvalue weighted by Crippen LogP contribution is -2.64. The third kappa shape index (κ3) is 7.00. The average molecular weight is 681 g/mol. The highest BCUT2D eigenvalue weighted by Crippen LogP contribution is 2.38. The monoisotopic (exact) mass is 680 g/mol. The predicted octanol–water partition coefficient (Wildman–Crippen LogP) is -1.37. The molecule has 2 aliphatic rings. The van der Waals surface area contributed by atoms with Gasteiger partial charge in [-0.05, 0) is 31.2 Å². The molecule has 0 aliphatic carbocycles. The second-order valence-electron chi connectivity index (χ2n) is 11.2. The molecule has 10 atom stereocenters. The first-order chi connectivity index (χ1) is 22.7. The molecule has 3 heterocycles. The van der Waals surface area contributed by atoms with Gasteiger partial charge in [0.05, 0.1) is 6.10 Å². The molecule has 18 nitrogen and oxygen atoms in total. The summed E-state index contributed by atoms with van der Waals surface area (Å²) in [5.74, 6) is -5.08. The number of carboxylic acid groups (broad SMARTS) is 1. The van der Waals surface area contributed by atoms with Crippen molar-refractivity contribution in [3.05, 3.63) is 46.6 Å². The lowest BCUT2D eigenvalue weighted by molar-refractivity contribution is -0.354. The molecule has 0 amide bonds. The summed E-state index contributed by atoms with van der Waals surface area (Å²) in [6.45, 7) is 0.529. The number of aliphatic hydroxyl groups excluding tert-OH is 5. The average Bonchev–Trinajstić information content (AvgIpc) is 3.02. The lowest BCUT2D eigenvalue weighted by atomic mass is 9.97. The summed E-state index contributed by atoms with van der Waals surface area (Å²) >= 11 is 0. The molecule has 260 valence electrons. The number of rotatable bonds is 9. The standard InChI is InChI=1S/C30H32O18/c1-10-20(37)23(40)25(42)29(44-10)48-28-24(41)21(38)16(9-43-18(36)8-17(34)35)46-30(28)47-27-22(39)19-14(33)6-13(32)7-15(19)45-26(27)11-2-4-12(31)5-3-11/h2-7,10,16,20-21,23-25,28-33,37-38,40-42H,8-9H2,1H3,(H,34,35)/t10-,16-,20+,21-,23-,24+,25+,28-,29+,30+/m1/s1. The number of aliphatic carboxylic acids is 1. The minimum absolute atomic E-state index is 0.120. The Kier molecular flexibility index (Phi) is 10.1. The van der Waals surface area contributed by atoms with E-state index < -0.39 is 114 Å². The number of benzene rings is 2. The summed E-state index contributed by atoms with van der Waals surface area (Å²) in [5, 5.41) is 91.7. The SMILES string of the molecule is C[C@H]1O[C@@H](O[C@H]2[C@H](Oc3c(-c4ccc(O)cc4)oc4cc(O)cc(O)c4c3=O)O[C@H](COC(=O)CC(=O)O)[C@@H](O)[C@@H]2O)[C@@H](O)[C@H](O)[C@H]1O. The fourth-order valence-electron chi connectivity index (χ4n) is 5.21. The minimum atomic E-state index is -2.03. The van der Waals surface area contributed by atoms with Gasteiger partial charge in [-0.2, -0.15) is 0 Å². The van der Waals surface area contributed by atoms with Crippen LogP contribution in [0.3, 0.4) is 0 Å². The Labute approximate surface area is 269 Å². The number of ether oxygens (including phenoxy) is 5. The number of fused-ring (bicyclic) bond motifs is 1. The van der Waals surface area contributed by atoms with Crippen LogP contribution in [-0.4, -0.2) is 126 Å². The van der Waals surface area contributed by atoms with Gasteiger partial charge in [0.25, 0.3) is 0 Å². The van der Waals surface area contributed by atoms with Crippen LogP contribution in [0.5, 0.6) is 23.0 Å². The molecule has 9 N–H and O–H groups in total. The molecule has 0 radical (unpaired) electrons. The van der Waals surface area contributed by atoms with E-state index in [2.05, 4.69) is 0 Å². The minimum Gasteiger partial charge on any atom is -0.508 e. The van der Waals surface area contributed by atoms with Crippen LogP contribution < -0.4 is 10.2 Å². The zero-order valence-corrected chi connectivity index (χ0v) is 24.9. The maximum Gasteiger partial charge on any atom is 0.317 e. The van der Waals surface area contributed by atoms with Crippen molar-refractivity contribution in [1.29, 1.82) is 0 Å². The third-order valence-corrected chi connectivity index (χ3v) is 7.73. The molecule has 2 saturated heterocycles. The van der Waals surface area contributed by atoms with Gasteiger partial charge in [0, 0.05) is 17.7 Å². The second-order valence-corrected chi connectivity index (χ2v) is 11.2. The van der Waals surface area contributed by atoms with E-state index in [1.165, 1.54) is 31.2 Å². The highest BCUT2D eigenvalue weighted by atomic mass is 16.8. The zero-order chi connectivity index (χ0) is 35.0. The smallest absolute Gasteiger partial charge is 0.317 e. The van der Waals surface area contributed by atoms with E-state index >= 15 is 0 Å². The van der Waals surface area contributed by atoms with Gasteiger partial charge in [-0.1, -0.05) is 0 Å². The van der Waals surface area contributed by atoms with Crippen LogP contribution >= 0.6 is 0 Å². The van der Waals surface area contributed by atoms with Crippen molar-refractivity contribution in [2.45, 2.75) is 74.8 Å². The van der Waals surface area contributed by atoms with Crippen molar-refractivity contribution in [3.63, 3.8) is 0 Å². The van der Waals surface area contributed by atoms with Crippen molar-refractivity contribution in [3.8, 4) is 34.3 Å². The number of aliphatic hydroxyl groups is 5. The van der Waals surface area contributed by atoms with Gasteiger partial charge in [-0.25, -0.2) is 0 Å². The lowest BCUT2D eigenvalue weighted by Gasteiger charge is -2.45. The molecule has 0 bridgehead atoms. The second kappa shape index (κ2) is 13.9. The van der Waals surface area contributed by atoms with Gasteiger partial charge in [0.15, 0.2) is 18.2 Å². The normalized spacial score (nSPS) is 30.5. The van der Waals surface area contributed by atoms with Gasteiger partial charge >= 0.3 is 11.9 Å². The fourth-order valence-corrected chi connectivity index (χ4v) is 5.21. The highest BCUT2D eigenvalue weighted by Gasteiger charge is 2.51. The Balaban J connectivity index is 1.58.